The molecule has 1 aromatic carbocycles. The van der Waals surface area contributed by atoms with Crippen LogP contribution in [0.3, 0.4) is 0 Å². The third-order valence-corrected chi connectivity index (χ3v) is 3.29. The van der Waals surface area contributed by atoms with Gasteiger partial charge in [0.1, 0.15) is 11.6 Å². The minimum absolute atomic E-state index is 0.0602. The summed E-state index contributed by atoms with van der Waals surface area (Å²) in [6.07, 6.45) is 1.81. The minimum Gasteiger partial charge on any atom is -0.381 e. The van der Waals surface area contributed by atoms with Gasteiger partial charge in [0.05, 0.1) is 6.42 Å². The maximum Gasteiger partial charge on any atom is 0.224 e. The van der Waals surface area contributed by atoms with E-state index < -0.39 is 11.6 Å². The van der Waals surface area contributed by atoms with Crippen molar-refractivity contribution in [3.63, 3.8) is 0 Å². The maximum absolute atomic E-state index is 13.4. The van der Waals surface area contributed by atoms with Gasteiger partial charge >= 0.3 is 0 Å². The van der Waals surface area contributed by atoms with Gasteiger partial charge in [-0.2, -0.15) is 0 Å². The van der Waals surface area contributed by atoms with Gasteiger partial charge in [0, 0.05) is 25.8 Å². The number of rotatable bonds is 4. The average Bonchev–Trinajstić information content (AvgIpc) is 2.41. The molecule has 104 valence electrons. The summed E-state index contributed by atoms with van der Waals surface area (Å²) < 4.78 is 31.3. The van der Waals surface area contributed by atoms with E-state index in [-0.39, 0.29) is 17.9 Å². The van der Waals surface area contributed by atoms with Gasteiger partial charge in [-0.15, -0.1) is 0 Å². The van der Waals surface area contributed by atoms with Gasteiger partial charge < -0.3 is 10.1 Å². The third kappa shape index (κ3) is 4.28. The highest BCUT2D eigenvalue weighted by molar-refractivity contribution is 5.78. The highest BCUT2D eigenvalue weighted by Gasteiger charge is 2.15. The van der Waals surface area contributed by atoms with E-state index in [0.717, 1.165) is 38.2 Å². The first-order valence-corrected chi connectivity index (χ1v) is 6.43. The number of carbonyl (C=O) groups excluding carboxylic acids is 1. The van der Waals surface area contributed by atoms with Crippen LogP contribution in [0.1, 0.15) is 18.4 Å². The molecule has 1 saturated heterocycles. The Balaban J connectivity index is 1.80. The summed E-state index contributed by atoms with van der Waals surface area (Å²) >= 11 is 0. The molecule has 1 aromatic rings. The molecule has 0 bridgehead atoms. The molecule has 0 spiro atoms. The van der Waals surface area contributed by atoms with Gasteiger partial charge in [0.15, 0.2) is 0 Å². The molecular formula is C14H17F2NO2. The molecule has 0 aromatic heterocycles. The van der Waals surface area contributed by atoms with Gasteiger partial charge in [0.25, 0.3) is 0 Å². The zero-order valence-corrected chi connectivity index (χ0v) is 10.6. The summed E-state index contributed by atoms with van der Waals surface area (Å²) in [7, 11) is 0. The van der Waals surface area contributed by atoms with E-state index in [9.17, 15) is 13.6 Å². The number of hydrogen-bond donors (Lipinski definition) is 1. The van der Waals surface area contributed by atoms with Crippen molar-refractivity contribution >= 4 is 5.91 Å². The van der Waals surface area contributed by atoms with E-state index in [2.05, 4.69) is 5.32 Å². The first-order valence-electron chi connectivity index (χ1n) is 6.43. The molecule has 1 aliphatic heterocycles. The Bertz CT molecular complexity index is 445. The van der Waals surface area contributed by atoms with Gasteiger partial charge in [-0.1, -0.05) is 6.07 Å². The molecular weight excluding hydrogens is 252 g/mol. The molecule has 1 amide bonds. The average molecular weight is 269 g/mol. The van der Waals surface area contributed by atoms with Crippen LogP contribution in [0.2, 0.25) is 0 Å². The molecule has 1 fully saturated rings. The fourth-order valence-electron chi connectivity index (χ4n) is 2.11. The Morgan fingerprint density at radius 3 is 2.74 bits per heavy atom. The van der Waals surface area contributed by atoms with E-state index in [4.69, 9.17) is 4.74 Å². The topological polar surface area (TPSA) is 38.3 Å². The summed E-state index contributed by atoms with van der Waals surface area (Å²) in [4.78, 5) is 11.7. The van der Waals surface area contributed by atoms with Crippen LogP contribution in [-0.4, -0.2) is 25.7 Å². The van der Waals surface area contributed by atoms with E-state index in [1.165, 1.54) is 6.07 Å². The van der Waals surface area contributed by atoms with Crippen molar-refractivity contribution in [2.45, 2.75) is 19.3 Å². The molecule has 1 aliphatic rings. The van der Waals surface area contributed by atoms with Crippen LogP contribution < -0.4 is 5.32 Å². The van der Waals surface area contributed by atoms with Crippen LogP contribution in [0.5, 0.6) is 0 Å². The maximum atomic E-state index is 13.4. The highest BCUT2D eigenvalue weighted by Crippen LogP contribution is 2.14. The number of halogens is 2. The molecule has 0 unspecified atom stereocenters. The van der Waals surface area contributed by atoms with Crippen molar-refractivity contribution in [3.8, 4) is 0 Å². The first kappa shape index (κ1) is 13.9. The zero-order valence-electron chi connectivity index (χ0n) is 10.6. The highest BCUT2D eigenvalue weighted by atomic mass is 19.1. The van der Waals surface area contributed by atoms with Crippen LogP contribution in [0.25, 0.3) is 0 Å². The number of ether oxygens (including phenoxy) is 1. The zero-order chi connectivity index (χ0) is 13.7. The van der Waals surface area contributed by atoms with Crippen molar-refractivity contribution < 1.29 is 18.3 Å². The molecule has 1 heterocycles. The number of nitrogens with one attached hydrogen (secondary N) is 1. The van der Waals surface area contributed by atoms with Crippen molar-refractivity contribution in [2.24, 2.45) is 5.92 Å². The molecule has 19 heavy (non-hydrogen) atoms. The van der Waals surface area contributed by atoms with Crippen molar-refractivity contribution in [3.05, 3.63) is 35.4 Å². The molecule has 3 nitrogen and oxygen atoms in total. The van der Waals surface area contributed by atoms with Gasteiger partial charge in [-0.25, -0.2) is 8.78 Å². The minimum atomic E-state index is -0.679. The van der Waals surface area contributed by atoms with Crippen LogP contribution in [-0.2, 0) is 16.0 Å². The Labute approximate surface area is 111 Å². The number of amides is 1. The van der Waals surface area contributed by atoms with E-state index >= 15 is 0 Å². The monoisotopic (exact) mass is 269 g/mol. The van der Waals surface area contributed by atoms with Gasteiger partial charge in [0.2, 0.25) is 5.91 Å². The number of benzene rings is 1. The number of carbonyl (C=O) groups is 1. The lowest BCUT2D eigenvalue weighted by Crippen LogP contribution is -2.33. The predicted octanol–water partition coefficient (Wildman–Crippen LogP) is 2.05. The van der Waals surface area contributed by atoms with Crippen LogP contribution in [0.4, 0.5) is 8.78 Å². The van der Waals surface area contributed by atoms with Crippen molar-refractivity contribution in [1.29, 1.82) is 0 Å². The standard InChI is InChI=1S/C14H17F2NO2/c15-12-2-1-11(13(16)8-12)7-14(18)17-9-10-3-5-19-6-4-10/h1-2,8,10H,3-7,9H2,(H,17,18). The van der Waals surface area contributed by atoms with Gasteiger partial charge in [-0.05, 0) is 30.4 Å². The van der Waals surface area contributed by atoms with Crippen LogP contribution in [0, 0.1) is 17.6 Å². The summed E-state index contributed by atoms with van der Waals surface area (Å²) in [5.41, 5.74) is 0.214. The smallest absolute Gasteiger partial charge is 0.224 e. The van der Waals surface area contributed by atoms with Crippen molar-refractivity contribution in [2.75, 3.05) is 19.8 Å². The second-order valence-corrected chi connectivity index (χ2v) is 4.77. The Morgan fingerprint density at radius 2 is 2.05 bits per heavy atom. The normalized spacial score (nSPS) is 16.3. The Kier molecular flexibility index (Phi) is 4.85. The van der Waals surface area contributed by atoms with Crippen LogP contribution in [0.15, 0.2) is 18.2 Å². The fourth-order valence-corrected chi connectivity index (χ4v) is 2.11. The quantitative estimate of drug-likeness (QED) is 0.908. The first-order chi connectivity index (χ1) is 9.15. The van der Waals surface area contributed by atoms with Crippen molar-refractivity contribution in [1.82, 2.24) is 5.32 Å². The van der Waals surface area contributed by atoms with Gasteiger partial charge in [-0.3, -0.25) is 4.79 Å². The molecule has 5 heteroatoms. The molecule has 1 N–H and O–H groups in total. The largest absolute Gasteiger partial charge is 0.381 e. The summed E-state index contributed by atoms with van der Waals surface area (Å²) in [5, 5.41) is 2.79. The Morgan fingerprint density at radius 1 is 1.32 bits per heavy atom. The summed E-state index contributed by atoms with van der Waals surface area (Å²) in [5.74, 6) is -1.13. The fraction of sp³-hybridized carbons (Fsp3) is 0.500. The second-order valence-electron chi connectivity index (χ2n) is 4.77. The molecule has 0 saturated carbocycles. The predicted molar refractivity (Wildman–Crippen MR) is 66.6 cm³/mol. The number of hydrogen-bond acceptors (Lipinski definition) is 2. The van der Waals surface area contributed by atoms with E-state index in [1.54, 1.807) is 0 Å². The lowest BCUT2D eigenvalue weighted by atomic mass is 10.0. The van der Waals surface area contributed by atoms with E-state index in [1.807, 2.05) is 0 Å². The lowest BCUT2D eigenvalue weighted by Gasteiger charge is -2.22. The molecule has 2 rings (SSSR count). The Hall–Kier alpha value is -1.49. The second kappa shape index (κ2) is 6.61. The molecule has 0 aliphatic carbocycles. The molecule has 0 radical (unpaired) electrons. The summed E-state index contributed by atoms with van der Waals surface area (Å²) in [6.45, 7) is 2.05. The molecule has 0 atom stereocenters. The lowest BCUT2D eigenvalue weighted by molar-refractivity contribution is -0.120. The van der Waals surface area contributed by atoms with E-state index in [0.29, 0.717) is 12.5 Å². The third-order valence-electron chi connectivity index (χ3n) is 3.29. The SMILES string of the molecule is O=C(Cc1ccc(F)cc1F)NCC1CCOCC1. The summed E-state index contributed by atoms with van der Waals surface area (Å²) in [6, 6.07) is 3.25. The van der Waals surface area contributed by atoms with Crippen LogP contribution >= 0.6 is 0 Å².